The number of carbonyl (C=O) groups excluding carboxylic acids is 1. The highest BCUT2D eigenvalue weighted by molar-refractivity contribution is 5.94. The van der Waals surface area contributed by atoms with Crippen molar-refractivity contribution in [2.45, 2.75) is 25.6 Å². The number of hydrogen-bond donors (Lipinski definition) is 2. The first-order valence-electron chi connectivity index (χ1n) is 3.21. The van der Waals surface area contributed by atoms with Gasteiger partial charge in [0.05, 0.1) is 12.2 Å². The lowest BCUT2D eigenvalue weighted by Crippen LogP contribution is -2.15. The Bertz CT molecular complexity index is 181. The van der Waals surface area contributed by atoms with Crippen molar-refractivity contribution in [1.82, 2.24) is 0 Å². The van der Waals surface area contributed by atoms with E-state index in [2.05, 4.69) is 0 Å². The van der Waals surface area contributed by atoms with Gasteiger partial charge in [-0.05, 0) is 18.6 Å². The highest BCUT2D eigenvalue weighted by atomic mass is 16.3. The summed E-state index contributed by atoms with van der Waals surface area (Å²) in [7, 11) is 0. The molecule has 0 aromatic carbocycles. The number of aliphatic hydroxyl groups is 2. The summed E-state index contributed by atoms with van der Waals surface area (Å²) in [4.78, 5) is 10.6. The molecule has 0 aliphatic heterocycles. The summed E-state index contributed by atoms with van der Waals surface area (Å²) in [6.45, 7) is 1.54. The Morgan fingerprint density at radius 1 is 1.80 bits per heavy atom. The van der Waals surface area contributed by atoms with Crippen LogP contribution in [0, 0.1) is 0 Å². The molecule has 3 nitrogen and oxygen atoms in total. The molecule has 2 N–H and O–H groups in total. The number of rotatable bonds is 1. The van der Waals surface area contributed by atoms with E-state index in [0.29, 0.717) is 5.57 Å². The van der Waals surface area contributed by atoms with E-state index in [1.807, 2.05) is 0 Å². The summed E-state index contributed by atoms with van der Waals surface area (Å²) >= 11 is 0. The molecule has 0 saturated carbocycles. The minimum Gasteiger partial charge on any atom is -0.389 e. The molecule has 1 aliphatic rings. The van der Waals surface area contributed by atoms with E-state index >= 15 is 0 Å². The van der Waals surface area contributed by atoms with Crippen molar-refractivity contribution in [2.24, 2.45) is 0 Å². The average molecular weight is 142 g/mol. The number of hydrogen-bond acceptors (Lipinski definition) is 3. The van der Waals surface area contributed by atoms with Crippen molar-refractivity contribution in [3.8, 4) is 0 Å². The Hall–Kier alpha value is -0.670. The fourth-order valence-corrected chi connectivity index (χ4v) is 1.05. The SMILES string of the molecule is C[C@H](O)C1=CC(=O)C[C@H]1O. The topological polar surface area (TPSA) is 57.5 Å². The van der Waals surface area contributed by atoms with Gasteiger partial charge in [0, 0.05) is 6.42 Å². The van der Waals surface area contributed by atoms with Gasteiger partial charge in [-0.15, -0.1) is 0 Å². The summed E-state index contributed by atoms with van der Waals surface area (Å²) < 4.78 is 0. The number of carbonyl (C=O) groups is 1. The van der Waals surface area contributed by atoms with Crippen molar-refractivity contribution in [1.29, 1.82) is 0 Å². The predicted molar refractivity (Wildman–Crippen MR) is 35.4 cm³/mol. The van der Waals surface area contributed by atoms with Crippen LogP contribution < -0.4 is 0 Å². The largest absolute Gasteiger partial charge is 0.389 e. The van der Waals surface area contributed by atoms with Gasteiger partial charge in [0.15, 0.2) is 5.78 Å². The molecule has 0 unspecified atom stereocenters. The van der Waals surface area contributed by atoms with Gasteiger partial charge in [0.1, 0.15) is 0 Å². The molecule has 1 aliphatic carbocycles. The molecule has 10 heavy (non-hydrogen) atoms. The van der Waals surface area contributed by atoms with Crippen LogP contribution >= 0.6 is 0 Å². The van der Waals surface area contributed by atoms with Gasteiger partial charge in [0.25, 0.3) is 0 Å². The molecule has 0 aromatic heterocycles. The van der Waals surface area contributed by atoms with Gasteiger partial charge >= 0.3 is 0 Å². The van der Waals surface area contributed by atoms with Crippen molar-refractivity contribution in [3.05, 3.63) is 11.6 Å². The number of ketones is 1. The molecular weight excluding hydrogens is 132 g/mol. The van der Waals surface area contributed by atoms with E-state index in [1.54, 1.807) is 0 Å². The minimum atomic E-state index is -0.757. The zero-order chi connectivity index (χ0) is 7.72. The lowest BCUT2D eigenvalue weighted by Gasteiger charge is -2.08. The smallest absolute Gasteiger partial charge is 0.158 e. The molecule has 0 radical (unpaired) electrons. The molecule has 1 rings (SSSR count). The quantitative estimate of drug-likeness (QED) is 0.525. The molecule has 0 amide bonds. The van der Waals surface area contributed by atoms with E-state index in [4.69, 9.17) is 10.2 Å². The third-order valence-electron chi connectivity index (χ3n) is 1.59. The van der Waals surface area contributed by atoms with E-state index in [0.717, 1.165) is 0 Å². The summed E-state index contributed by atoms with van der Waals surface area (Å²) in [6.07, 6.45) is -0.0239. The zero-order valence-electron chi connectivity index (χ0n) is 5.74. The van der Waals surface area contributed by atoms with Gasteiger partial charge in [-0.25, -0.2) is 0 Å². The highest BCUT2D eigenvalue weighted by Gasteiger charge is 2.24. The zero-order valence-corrected chi connectivity index (χ0v) is 5.74. The number of allylic oxidation sites excluding steroid dienone is 1. The maximum absolute atomic E-state index is 10.6. The predicted octanol–water partition coefficient (Wildman–Crippen LogP) is -0.373. The van der Waals surface area contributed by atoms with Gasteiger partial charge in [0.2, 0.25) is 0 Å². The van der Waals surface area contributed by atoms with Gasteiger partial charge in [-0.1, -0.05) is 0 Å². The van der Waals surface area contributed by atoms with Crippen LogP contribution in [0.3, 0.4) is 0 Å². The lowest BCUT2D eigenvalue weighted by atomic mass is 10.1. The van der Waals surface area contributed by atoms with E-state index in [1.165, 1.54) is 13.0 Å². The Balaban J connectivity index is 2.75. The van der Waals surface area contributed by atoms with Crippen LogP contribution in [0.25, 0.3) is 0 Å². The molecule has 0 aromatic rings. The fourth-order valence-electron chi connectivity index (χ4n) is 1.05. The standard InChI is InChI=1S/C7H10O3/c1-4(8)6-2-5(9)3-7(6)10/h2,4,7-8,10H,3H2,1H3/t4-,7+/m0/s1. The van der Waals surface area contributed by atoms with Crippen LogP contribution in [0.15, 0.2) is 11.6 Å². The molecule has 0 heterocycles. The Morgan fingerprint density at radius 3 is 2.60 bits per heavy atom. The molecule has 3 heteroatoms. The van der Waals surface area contributed by atoms with Gasteiger partial charge in [-0.3, -0.25) is 4.79 Å². The summed E-state index contributed by atoms with van der Waals surface area (Å²) in [5.41, 5.74) is 0.435. The maximum Gasteiger partial charge on any atom is 0.158 e. The first kappa shape index (κ1) is 7.44. The second kappa shape index (κ2) is 2.52. The van der Waals surface area contributed by atoms with Gasteiger partial charge < -0.3 is 10.2 Å². The summed E-state index contributed by atoms with van der Waals surface area (Å²) in [5.74, 6) is -0.108. The van der Waals surface area contributed by atoms with Crippen LogP contribution in [-0.2, 0) is 4.79 Å². The second-order valence-corrected chi connectivity index (χ2v) is 2.51. The summed E-state index contributed by atoms with van der Waals surface area (Å²) in [6, 6.07) is 0. The Kier molecular flexibility index (Phi) is 1.87. The monoisotopic (exact) mass is 142 g/mol. The second-order valence-electron chi connectivity index (χ2n) is 2.51. The van der Waals surface area contributed by atoms with Crippen LogP contribution in [0.1, 0.15) is 13.3 Å². The van der Waals surface area contributed by atoms with Crippen LogP contribution in [0.4, 0.5) is 0 Å². The normalized spacial score (nSPS) is 28.5. The van der Waals surface area contributed by atoms with Crippen molar-refractivity contribution in [2.75, 3.05) is 0 Å². The average Bonchev–Trinajstić information content (AvgIpc) is 2.10. The van der Waals surface area contributed by atoms with Crippen LogP contribution in [-0.4, -0.2) is 28.2 Å². The molecule has 0 saturated heterocycles. The van der Waals surface area contributed by atoms with E-state index in [9.17, 15) is 4.79 Å². The first-order chi connectivity index (χ1) is 4.61. The Labute approximate surface area is 59.0 Å². The van der Waals surface area contributed by atoms with E-state index in [-0.39, 0.29) is 12.2 Å². The highest BCUT2D eigenvalue weighted by Crippen LogP contribution is 2.18. The number of aliphatic hydroxyl groups excluding tert-OH is 2. The minimum absolute atomic E-state index is 0.108. The van der Waals surface area contributed by atoms with Crippen molar-refractivity contribution < 1.29 is 15.0 Å². The lowest BCUT2D eigenvalue weighted by molar-refractivity contribution is -0.114. The van der Waals surface area contributed by atoms with Gasteiger partial charge in [-0.2, -0.15) is 0 Å². The third-order valence-corrected chi connectivity index (χ3v) is 1.59. The van der Waals surface area contributed by atoms with Crippen LogP contribution in [0.5, 0.6) is 0 Å². The third kappa shape index (κ3) is 1.25. The first-order valence-corrected chi connectivity index (χ1v) is 3.21. The van der Waals surface area contributed by atoms with Crippen molar-refractivity contribution in [3.63, 3.8) is 0 Å². The molecule has 0 fully saturated rings. The van der Waals surface area contributed by atoms with Crippen LogP contribution in [0.2, 0.25) is 0 Å². The molecule has 0 spiro atoms. The molecule has 0 bridgehead atoms. The molecular formula is C7H10O3. The maximum atomic E-state index is 10.6. The summed E-state index contributed by atoms with van der Waals surface area (Å²) in [5, 5.41) is 18.0. The fraction of sp³-hybridized carbons (Fsp3) is 0.571. The van der Waals surface area contributed by atoms with Crippen molar-refractivity contribution >= 4 is 5.78 Å². The Morgan fingerprint density at radius 2 is 2.40 bits per heavy atom. The molecule has 56 valence electrons. The molecule has 2 atom stereocenters. The van der Waals surface area contributed by atoms with E-state index < -0.39 is 12.2 Å².